The molecule has 3 aromatic heterocycles. The normalized spacial score (nSPS) is 16.6. The van der Waals surface area contributed by atoms with Gasteiger partial charge in [-0.1, -0.05) is 17.7 Å². The van der Waals surface area contributed by atoms with Gasteiger partial charge in [0.15, 0.2) is 17.3 Å². The van der Waals surface area contributed by atoms with Gasteiger partial charge < -0.3 is 15.0 Å². The van der Waals surface area contributed by atoms with E-state index in [-0.39, 0.29) is 17.4 Å². The lowest BCUT2D eigenvalue weighted by Gasteiger charge is -2.30. The summed E-state index contributed by atoms with van der Waals surface area (Å²) < 4.78 is 31.4. The van der Waals surface area contributed by atoms with Crippen LogP contribution in [0.2, 0.25) is 10.3 Å². The molecular formula is C21H22Cl2N8O3S. The van der Waals surface area contributed by atoms with Gasteiger partial charge in [-0.15, -0.1) is 0 Å². The highest BCUT2D eigenvalue weighted by Crippen LogP contribution is 2.33. The summed E-state index contributed by atoms with van der Waals surface area (Å²) in [5, 5.41) is 4.41. The zero-order valence-electron chi connectivity index (χ0n) is 18.9. The molecule has 4 aromatic rings. The molecule has 1 saturated heterocycles. The number of piperidine rings is 1. The number of H-pyrrole nitrogens is 1. The minimum Gasteiger partial charge on any atom is -0.474 e. The van der Waals surface area contributed by atoms with Crippen molar-refractivity contribution in [1.82, 2.24) is 34.2 Å². The summed E-state index contributed by atoms with van der Waals surface area (Å²) in [4.78, 5) is 24.9. The highest BCUT2D eigenvalue weighted by Gasteiger charge is 2.27. The summed E-state index contributed by atoms with van der Waals surface area (Å²) in [6.45, 7) is 2.66. The fourth-order valence-electron chi connectivity index (χ4n) is 4.03. The number of rotatable bonds is 6. The zero-order valence-corrected chi connectivity index (χ0v) is 21.2. The number of fused-ring (bicyclic) bond motifs is 2. The Kier molecular flexibility index (Phi) is 6.38. The Morgan fingerprint density at radius 2 is 1.94 bits per heavy atom. The van der Waals surface area contributed by atoms with E-state index in [1.165, 1.54) is 16.9 Å². The number of hydrogen-bond donors (Lipinski definition) is 2. The summed E-state index contributed by atoms with van der Waals surface area (Å²) in [5.41, 5.74) is 1.68. The average Bonchev–Trinajstić information content (AvgIpc) is 3.27. The molecule has 4 heterocycles. The third kappa shape index (κ3) is 4.96. The van der Waals surface area contributed by atoms with E-state index in [1.807, 2.05) is 19.1 Å². The molecule has 1 atom stereocenters. The number of aromatic nitrogens is 6. The predicted molar refractivity (Wildman–Crippen MR) is 133 cm³/mol. The second kappa shape index (κ2) is 9.34. The lowest BCUT2D eigenvalue weighted by Crippen LogP contribution is -2.41. The van der Waals surface area contributed by atoms with Crippen LogP contribution in [0.3, 0.4) is 0 Å². The molecule has 0 radical (unpaired) electrons. The summed E-state index contributed by atoms with van der Waals surface area (Å²) >= 11 is 12.5. The van der Waals surface area contributed by atoms with Crippen LogP contribution in [-0.2, 0) is 10.0 Å². The molecule has 1 aromatic carbocycles. The zero-order chi connectivity index (χ0) is 24.7. The third-order valence-corrected chi connectivity index (χ3v) is 7.59. The smallest absolute Gasteiger partial charge is 0.226 e. The van der Waals surface area contributed by atoms with Crippen LogP contribution in [0.25, 0.3) is 22.1 Å². The minimum absolute atomic E-state index is 0.0648. The second-order valence-electron chi connectivity index (χ2n) is 8.31. The van der Waals surface area contributed by atoms with E-state index in [1.54, 1.807) is 6.07 Å². The van der Waals surface area contributed by atoms with E-state index in [2.05, 4.69) is 25.3 Å². The van der Waals surface area contributed by atoms with Crippen molar-refractivity contribution >= 4 is 61.1 Å². The van der Waals surface area contributed by atoms with Gasteiger partial charge in [0.25, 0.3) is 0 Å². The number of halogens is 2. The molecule has 0 bridgehead atoms. The van der Waals surface area contributed by atoms with E-state index in [4.69, 9.17) is 37.9 Å². The first-order chi connectivity index (χ1) is 16.7. The monoisotopic (exact) mass is 536 g/mol. The Morgan fingerprint density at radius 3 is 2.69 bits per heavy atom. The number of nitrogens with one attached hydrogen (secondary N) is 2. The Bertz CT molecular complexity index is 1510. The molecule has 2 N–H and O–H groups in total. The molecule has 5 rings (SSSR count). The molecule has 14 heteroatoms. The lowest BCUT2D eigenvalue weighted by molar-refractivity contribution is 0.131. The summed E-state index contributed by atoms with van der Waals surface area (Å²) in [6.07, 6.45) is 3.62. The third-order valence-electron chi connectivity index (χ3n) is 5.80. The number of benzene rings is 1. The Labute approximate surface area is 211 Å². The van der Waals surface area contributed by atoms with Crippen molar-refractivity contribution in [2.45, 2.75) is 31.9 Å². The van der Waals surface area contributed by atoms with Crippen LogP contribution in [0.4, 0.5) is 5.82 Å². The second-order valence-corrected chi connectivity index (χ2v) is 11.0. The lowest BCUT2D eigenvalue weighted by atomic mass is 10.1. The Morgan fingerprint density at radius 1 is 1.17 bits per heavy atom. The van der Waals surface area contributed by atoms with Crippen molar-refractivity contribution in [3.05, 3.63) is 40.7 Å². The van der Waals surface area contributed by atoms with Gasteiger partial charge in [-0.3, -0.25) is 0 Å². The van der Waals surface area contributed by atoms with Crippen LogP contribution in [0.5, 0.6) is 5.88 Å². The molecule has 0 amide bonds. The summed E-state index contributed by atoms with van der Waals surface area (Å²) in [6, 6.07) is 5.02. The highest BCUT2D eigenvalue weighted by molar-refractivity contribution is 7.88. The molecule has 0 spiro atoms. The average molecular weight is 537 g/mol. The Hall–Kier alpha value is -2.80. The predicted octanol–water partition coefficient (Wildman–Crippen LogP) is 3.58. The number of aromatic amines is 1. The van der Waals surface area contributed by atoms with Crippen LogP contribution in [0.15, 0.2) is 24.5 Å². The largest absolute Gasteiger partial charge is 0.474 e. The Balaban J connectivity index is 1.45. The van der Waals surface area contributed by atoms with Gasteiger partial charge in [-0.05, 0) is 43.5 Å². The first kappa shape index (κ1) is 23.9. The molecule has 1 fully saturated rings. The molecule has 35 heavy (non-hydrogen) atoms. The molecular weight excluding hydrogens is 515 g/mol. The van der Waals surface area contributed by atoms with E-state index in [0.29, 0.717) is 70.5 Å². The van der Waals surface area contributed by atoms with E-state index in [9.17, 15) is 8.42 Å². The summed E-state index contributed by atoms with van der Waals surface area (Å²) in [5.74, 6) is 1.29. The van der Waals surface area contributed by atoms with Crippen LogP contribution >= 0.6 is 23.2 Å². The highest BCUT2D eigenvalue weighted by atomic mass is 35.5. The molecule has 0 aliphatic carbocycles. The van der Waals surface area contributed by atoms with Crippen molar-refractivity contribution in [2.75, 3.05) is 24.7 Å². The SMILES string of the molecule is CC(Nc1nc(Cl)nc2nc[nH]c12)c1nc(OC2CCN(S(C)(=O)=O)CC2)c2c(Cl)cccc2n1. The maximum atomic E-state index is 11.8. The maximum absolute atomic E-state index is 11.8. The van der Waals surface area contributed by atoms with E-state index >= 15 is 0 Å². The molecule has 0 saturated carbocycles. The van der Waals surface area contributed by atoms with Gasteiger partial charge in [0, 0.05) is 13.1 Å². The molecule has 1 unspecified atom stereocenters. The van der Waals surface area contributed by atoms with Crippen LogP contribution < -0.4 is 10.1 Å². The maximum Gasteiger partial charge on any atom is 0.226 e. The van der Waals surface area contributed by atoms with E-state index in [0.717, 1.165) is 0 Å². The van der Waals surface area contributed by atoms with Crippen molar-refractivity contribution in [3.63, 3.8) is 0 Å². The van der Waals surface area contributed by atoms with Gasteiger partial charge in [0.05, 0.1) is 34.6 Å². The van der Waals surface area contributed by atoms with Gasteiger partial charge in [0.1, 0.15) is 11.6 Å². The fraction of sp³-hybridized carbons (Fsp3) is 0.381. The summed E-state index contributed by atoms with van der Waals surface area (Å²) in [7, 11) is -3.23. The first-order valence-corrected chi connectivity index (χ1v) is 13.5. The first-order valence-electron chi connectivity index (χ1n) is 10.9. The van der Waals surface area contributed by atoms with Crippen LogP contribution in [-0.4, -0.2) is 68.1 Å². The van der Waals surface area contributed by atoms with Gasteiger partial charge >= 0.3 is 0 Å². The van der Waals surface area contributed by atoms with Gasteiger partial charge in [0.2, 0.25) is 21.2 Å². The van der Waals surface area contributed by atoms with Gasteiger partial charge in [-0.2, -0.15) is 15.0 Å². The van der Waals surface area contributed by atoms with Crippen molar-refractivity contribution in [3.8, 4) is 5.88 Å². The standard InChI is InChI=1S/C21H22Cl2N8O3S/c1-11(26-19-16-18(25-10-24-16)29-21(23)30-19)17-27-14-5-3-4-13(22)15(14)20(28-17)34-12-6-8-31(9-7-12)35(2,32)33/h3-5,10-12H,6-9H2,1-2H3,(H2,24,25,26,29,30). The minimum atomic E-state index is -3.23. The topological polar surface area (TPSA) is 139 Å². The van der Waals surface area contributed by atoms with Crippen molar-refractivity contribution in [1.29, 1.82) is 0 Å². The number of imidazole rings is 1. The molecule has 1 aliphatic rings. The van der Waals surface area contributed by atoms with E-state index < -0.39 is 10.0 Å². The molecule has 184 valence electrons. The van der Waals surface area contributed by atoms with Gasteiger partial charge in [-0.25, -0.2) is 22.7 Å². The number of nitrogens with zero attached hydrogens (tertiary/aromatic N) is 6. The van der Waals surface area contributed by atoms with Crippen molar-refractivity contribution in [2.24, 2.45) is 0 Å². The number of hydrogen-bond acceptors (Lipinski definition) is 9. The number of sulfonamides is 1. The van der Waals surface area contributed by atoms with Crippen LogP contribution in [0, 0.1) is 0 Å². The number of anilines is 1. The molecule has 11 nitrogen and oxygen atoms in total. The quantitative estimate of drug-likeness (QED) is 0.353. The van der Waals surface area contributed by atoms with Crippen molar-refractivity contribution < 1.29 is 13.2 Å². The molecule has 1 aliphatic heterocycles. The van der Waals surface area contributed by atoms with Crippen LogP contribution in [0.1, 0.15) is 31.6 Å². The fourth-order valence-corrected chi connectivity index (χ4v) is 5.31. The number of ether oxygens (including phenoxy) is 1.